The van der Waals surface area contributed by atoms with Gasteiger partial charge in [-0.1, -0.05) is 36.4 Å². The number of nitrogens with one attached hydrogen (secondary N) is 1. The smallest absolute Gasteiger partial charge is 0.121 e. The Bertz CT molecular complexity index is 1290. The van der Waals surface area contributed by atoms with E-state index in [9.17, 15) is 10.2 Å². The molecule has 3 aromatic carbocycles. The first kappa shape index (κ1) is 26.7. The monoisotopic (exact) mass is 533 g/mol. The van der Waals surface area contributed by atoms with Gasteiger partial charge in [-0.2, -0.15) is 0 Å². The van der Waals surface area contributed by atoms with Crippen molar-refractivity contribution in [3.8, 4) is 11.5 Å². The molecule has 0 amide bonds. The Morgan fingerprint density at radius 1 is 0.974 bits per heavy atom. The highest BCUT2D eigenvalue weighted by Gasteiger charge is 2.27. The van der Waals surface area contributed by atoms with E-state index in [1.54, 1.807) is 17.4 Å². The van der Waals surface area contributed by atoms with Gasteiger partial charge in [0.2, 0.25) is 0 Å². The van der Waals surface area contributed by atoms with Crippen molar-refractivity contribution in [2.45, 2.75) is 44.7 Å². The fraction of sp³-hybridized carbons (Fsp3) is 0.355. The van der Waals surface area contributed by atoms with Crippen LogP contribution in [0.4, 0.5) is 0 Å². The SMILES string of the molecule is OCc1c(O)ccc2ccc(COC3CNCCC3c3ccc(OCCCOCc4cccs4)cc3)cc12. The zero-order valence-corrected chi connectivity index (χ0v) is 22.3. The summed E-state index contributed by atoms with van der Waals surface area (Å²) in [5.41, 5.74) is 2.83. The maximum atomic E-state index is 10.1. The second-order valence-electron chi connectivity index (χ2n) is 9.63. The number of hydrogen-bond donors (Lipinski definition) is 3. The number of piperidine rings is 1. The fourth-order valence-electron chi connectivity index (χ4n) is 4.99. The van der Waals surface area contributed by atoms with Crippen molar-refractivity contribution in [1.82, 2.24) is 5.32 Å². The fourth-order valence-corrected chi connectivity index (χ4v) is 5.63. The number of aliphatic hydroxyl groups is 1. The Hall–Kier alpha value is -2.94. The maximum absolute atomic E-state index is 10.1. The standard InChI is InChI=1S/C31H35NO5S/c33-19-29-28-17-22(4-5-24(28)8-11-30(29)34)20-37-31-18-32-13-12-27(31)23-6-9-25(10-7-23)36-15-2-14-35-21-26-3-1-16-38-26/h1,3-11,16-17,27,31-34H,2,12-15,18-21H2. The Kier molecular flexibility index (Phi) is 9.28. The number of rotatable bonds is 12. The van der Waals surface area contributed by atoms with Gasteiger partial charge >= 0.3 is 0 Å². The molecule has 6 nitrogen and oxygen atoms in total. The maximum Gasteiger partial charge on any atom is 0.121 e. The minimum atomic E-state index is -0.203. The third-order valence-corrected chi connectivity index (χ3v) is 7.91. The summed E-state index contributed by atoms with van der Waals surface area (Å²) in [5, 5.41) is 27.2. The van der Waals surface area contributed by atoms with E-state index in [2.05, 4.69) is 28.9 Å². The molecular weight excluding hydrogens is 498 g/mol. The number of ether oxygens (including phenoxy) is 3. The van der Waals surface area contributed by atoms with Crippen LogP contribution in [0.1, 0.15) is 40.3 Å². The number of aromatic hydroxyl groups is 1. The first-order valence-corrected chi connectivity index (χ1v) is 14.1. The van der Waals surface area contributed by atoms with Gasteiger partial charge in [0.25, 0.3) is 0 Å². The summed E-state index contributed by atoms with van der Waals surface area (Å²) in [5.74, 6) is 1.29. The Morgan fingerprint density at radius 3 is 2.66 bits per heavy atom. The molecule has 0 aliphatic carbocycles. The van der Waals surface area contributed by atoms with Crippen LogP contribution in [0, 0.1) is 0 Å². The molecule has 1 aliphatic heterocycles. The van der Waals surface area contributed by atoms with Crippen LogP contribution < -0.4 is 10.1 Å². The quantitative estimate of drug-likeness (QED) is 0.201. The molecular formula is C31H35NO5S. The van der Waals surface area contributed by atoms with Gasteiger partial charge < -0.3 is 29.7 Å². The highest BCUT2D eigenvalue weighted by Crippen LogP contribution is 2.31. The third-order valence-electron chi connectivity index (χ3n) is 7.06. The normalized spacial score (nSPS) is 17.6. The molecule has 5 rings (SSSR count). The molecule has 0 spiro atoms. The first-order chi connectivity index (χ1) is 18.7. The number of aliphatic hydroxyl groups excluding tert-OH is 1. The van der Waals surface area contributed by atoms with Crippen molar-refractivity contribution in [3.05, 3.63) is 93.7 Å². The van der Waals surface area contributed by atoms with Crippen molar-refractivity contribution in [2.24, 2.45) is 0 Å². The Morgan fingerprint density at radius 2 is 1.84 bits per heavy atom. The van der Waals surface area contributed by atoms with E-state index >= 15 is 0 Å². The van der Waals surface area contributed by atoms with Crippen molar-refractivity contribution in [2.75, 3.05) is 26.3 Å². The Balaban J connectivity index is 1.13. The zero-order valence-electron chi connectivity index (χ0n) is 21.5. The van der Waals surface area contributed by atoms with Crippen LogP contribution in [-0.2, 0) is 29.3 Å². The lowest BCUT2D eigenvalue weighted by Gasteiger charge is -2.32. The molecule has 1 aliphatic rings. The van der Waals surface area contributed by atoms with Crippen LogP contribution in [0.25, 0.3) is 10.8 Å². The van der Waals surface area contributed by atoms with Gasteiger partial charge in [0.15, 0.2) is 0 Å². The predicted octanol–water partition coefficient (Wildman–Crippen LogP) is 5.75. The van der Waals surface area contributed by atoms with Crippen molar-refractivity contribution in [3.63, 3.8) is 0 Å². The molecule has 1 aromatic heterocycles. The predicted molar refractivity (Wildman–Crippen MR) is 151 cm³/mol. The second kappa shape index (κ2) is 13.2. The van der Waals surface area contributed by atoms with E-state index < -0.39 is 0 Å². The molecule has 1 saturated heterocycles. The number of thiophene rings is 1. The molecule has 3 N–H and O–H groups in total. The molecule has 0 bridgehead atoms. The Labute approximate surface area is 227 Å². The third kappa shape index (κ3) is 6.73. The van der Waals surface area contributed by atoms with Crippen molar-refractivity contribution >= 4 is 22.1 Å². The van der Waals surface area contributed by atoms with E-state index in [0.717, 1.165) is 48.0 Å². The van der Waals surface area contributed by atoms with Gasteiger partial charge in [-0.25, -0.2) is 0 Å². The van der Waals surface area contributed by atoms with Crippen LogP contribution in [0.3, 0.4) is 0 Å². The van der Waals surface area contributed by atoms with Gasteiger partial charge in [-0.3, -0.25) is 0 Å². The summed E-state index contributed by atoms with van der Waals surface area (Å²) >= 11 is 1.71. The molecule has 7 heteroatoms. The number of benzene rings is 3. The van der Waals surface area contributed by atoms with Gasteiger partial charge in [-0.05, 0) is 70.6 Å². The van der Waals surface area contributed by atoms with E-state index in [0.29, 0.717) is 37.9 Å². The molecule has 4 aromatic rings. The summed E-state index contributed by atoms with van der Waals surface area (Å²) in [7, 11) is 0. The molecule has 2 unspecified atom stereocenters. The lowest BCUT2D eigenvalue weighted by atomic mass is 9.87. The van der Waals surface area contributed by atoms with Gasteiger partial charge in [-0.15, -0.1) is 11.3 Å². The summed E-state index contributed by atoms with van der Waals surface area (Å²) in [6.07, 6.45) is 1.91. The second-order valence-corrected chi connectivity index (χ2v) is 10.7. The summed E-state index contributed by atoms with van der Waals surface area (Å²) < 4.78 is 18.0. The largest absolute Gasteiger partial charge is 0.508 e. The van der Waals surface area contributed by atoms with Gasteiger partial charge in [0, 0.05) is 29.3 Å². The van der Waals surface area contributed by atoms with E-state index in [4.69, 9.17) is 14.2 Å². The molecule has 38 heavy (non-hydrogen) atoms. The van der Waals surface area contributed by atoms with Crippen LogP contribution in [-0.4, -0.2) is 42.6 Å². The molecule has 0 saturated carbocycles. The highest BCUT2D eigenvalue weighted by atomic mass is 32.1. The number of phenols is 1. The van der Waals surface area contributed by atoms with E-state index in [-0.39, 0.29) is 18.5 Å². The van der Waals surface area contributed by atoms with Crippen LogP contribution in [0.2, 0.25) is 0 Å². The minimum Gasteiger partial charge on any atom is -0.508 e. The lowest BCUT2D eigenvalue weighted by Crippen LogP contribution is -2.40. The number of fused-ring (bicyclic) bond motifs is 1. The van der Waals surface area contributed by atoms with E-state index in [1.165, 1.54) is 10.4 Å². The average Bonchev–Trinajstić information content (AvgIpc) is 3.48. The lowest BCUT2D eigenvalue weighted by molar-refractivity contribution is 0.0106. The molecule has 1 fully saturated rings. The van der Waals surface area contributed by atoms with Gasteiger partial charge in [0.05, 0.1) is 39.1 Å². The minimum absolute atomic E-state index is 0.0493. The van der Waals surface area contributed by atoms with E-state index in [1.807, 2.05) is 42.5 Å². The van der Waals surface area contributed by atoms with Crippen LogP contribution in [0.15, 0.2) is 72.1 Å². The van der Waals surface area contributed by atoms with Gasteiger partial charge in [0.1, 0.15) is 11.5 Å². The molecule has 2 atom stereocenters. The van der Waals surface area contributed by atoms with Crippen LogP contribution in [0.5, 0.6) is 11.5 Å². The zero-order chi connectivity index (χ0) is 26.2. The molecule has 0 radical (unpaired) electrons. The summed E-state index contributed by atoms with van der Waals surface area (Å²) in [6.45, 7) is 4.00. The topological polar surface area (TPSA) is 80.2 Å². The molecule has 2 heterocycles. The van der Waals surface area contributed by atoms with Crippen molar-refractivity contribution in [1.29, 1.82) is 0 Å². The van der Waals surface area contributed by atoms with Crippen molar-refractivity contribution < 1.29 is 24.4 Å². The first-order valence-electron chi connectivity index (χ1n) is 13.2. The molecule has 200 valence electrons. The highest BCUT2D eigenvalue weighted by molar-refractivity contribution is 7.09. The summed E-state index contributed by atoms with van der Waals surface area (Å²) in [4.78, 5) is 1.25. The van der Waals surface area contributed by atoms with Crippen LogP contribution >= 0.6 is 11.3 Å². The number of hydrogen-bond acceptors (Lipinski definition) is 7. The summed E-state index contributed by atoms with van der Waals surface area (Å²) in [6, 6.07) is 22.1. The average molecular weight is 534 g/mol.